The second-order valence-electron chi connectivity index (χ2n) is 6.42. The number of carbonyl (C=O) groups excluding carboxylic acids is 1. The van der Waals surface area contributed by atoms with Crippen LogP contribution in [0.3, 0.4) is 0 Å². The van der Waals surface area contributed by atoms with Crippen molar-refractivity contribution in [2.75, 3.05) is 5.32 Å². The van der Waals surface area contributed by atoms with E-state index in [1.54, 1.807) is 11.8 Å². The van der Waals surface area contributed by atoms with Crippen molar-refractivity contribution in [3.05, 3.63) is 35.2 Å². The summed E-state index contributed by atoms with van der Waals surface area (Å²) < 4.78 is 0. The Balaban J connectivity index is 1.63. The molecule has 6 heteroatoms. The molecule has 1 fully saturated rings. The number of rotatable bonds is 3. The predicted molar refractivity (Wildman–Crippen MR) is 101 cm³/mol. The molecule has 1 aliphatic carbocycles. The molecule has 1 aromatic carbocycles. The van der Waals surface area contributed by atoms with Crippen LogP contribution in [-0.4, -0.2) is 17.1 Å². The van der Waals surface area contributed by atoms with Gasteiger partial charge in [0.15, 0.2) is 5.17 Å². The number of amidine groups is 1. The number of amides is 1. The minimum Gasteiger partial charge on any atom is -0.326 e. The van der Waals surface area contributed by atoms with Gasteiger partial charge < -0.3 is 5.32 Å². The summed E-state index contributed by atoms with van der Waals surface area (Å²) in [5, 5.41) is 5.79. The molecule has 24 heavy (non-hydrogen) atoms. The Morgan fingerprint density at radius 1 is 1.21 bits per heavy atom. The van der Waals surface area contributed by atoms with E-state index in [0.29, 0.717) is 12.0 Å². The fourth-order valence-corrected chi connectivity index (χ4v) is 3.80. The van der Waals surface area contributed by atoms with Crippen LogP contribution in [0.4, 0.5) is 5.69 Å². The summed E-state index contributed by atoms with van der Waals surface area (Å²) in [6.45, 7) is 3.81. The highest BCUT2D eigenvalue weighted by Crippen LogP contribution is 2.28. The Hall–Kier alpha value is -1.95. The number of benzene rings is 1. The molecular formula is C18H24N4OS. The van der Waals surface area contributed by atoms with E-state index in [0.717, 1.165) is 22.1 Å². The Bertz CT molecular complexity index is 653. The maximum absolute atomic E-state index is 11.1. The van der Waals surface area contributed by atoms with Gasteiger partial charge in [-0.15, -0.1) is 0 Å². The predicted octanol–water partition coefficient (Wildman–Crippen LogP) is 3.72. The van der Waals surface area contributed by atoms with E-state index in [-0.39, 0.29) is 5.91 Å². The van der Waals surface area contributed by atoms with Gasteiger partial charge in [-0.1, -0.05) is 43.7 Å². The van der Waals surface area contributed by atoms with Gasteiger partial charge in [0, 0.05) is 23.6 Å². The van der Waals surface area contributed by atoms with Crippen molar-refractivity contribution in [1.82, 2.24) is 10.9 Å². The van der Waals surface area contributed by atoms with Crippen LogP contribution in [0.5, 0.6) is 0 Å². The van der Waals surface area contributed by atoms with Gasteiger partial charge in [-0.3, -0.25) is 20.6 Å². The topological polar surface area (TPSA) is 65.5 Å². The Labute approximate surface area is 147 Å². The summed E-state index contributed by atoms with van der Waals surface area (Å²) in [7, 11) is 0. The van der Waals surface area contributed by atoms with Gasteiger partial charge in [-0.05, 0) is 30.9 Å². The van der Waals surface area contributed by atoms with Gasteiger partial charge in [0.2, 0.25) is 5.91 Å². The van der Waals surface area contributed by atoms with E-state index in [1.165, 1.54) is 32.6 Å². The second-order valence-corrected chi connectivity index (χ2v) is 7.28. The molecule has 0 spiro atoms. The molecule has 3 N–H and O–H groups in total. The number of nitrogens with zero attached hydrogens (tertiary/aromatic N) is 1. The largest absolute Gasteiger partial charge is 0.326 e. The first kappa shape index (κ1) is 16.9. The normalized spacial score (nSPS) is 25.4. The summed E-state index contributed by atoms with van der Waals surface area (Å²) in [5.41, 5.74) is 9.30. The van der Waals surface area contributed by atoms with E-state index in [2.05, 4.69) is 28.5 Å². The standard InChI is InChI=1S/C18H24N4OS/c1-12-5-3-4-6-16(12)20-18-22-21-17(11-24-18)14-7-9-15(10-8-14)19-13(2)23/h7-12,16,21H,3-6H2,1-2H3,(H,19,23)(H,20,22)/t12-,16-/m1/s1. The molecule has 5 nitrogen and oxygen atoms in total. The number of thioether (sulfide) groups is 1. The lowest BCUT2D eigenvalue weighted by Gasteiger charge is -2.27. The van der Waals surface area contributed by atoms with Crippen LogP contribution >= 0.6 is 11.8 Å². The fourth-order valence-electron chi connectivity index (χ4n) is 3.07. The molecule has 1 amide bonds. The molecular weight excluding hydrogens is 320 g/mol. The number of hydrazine groups is 1. The molecule has 1 heterocycles. The maximum atomic E-state index is 11.1. The molecule has 1 aliphatic heterocycles. The summed E-state index contributed by atoms with van der Waals surface area (Å²) in [5.74, 6) is 0.605. The quantitative estimate of drug-likeness (QED) is 0.782. The Morgan fingerprint density at radius 2 is 1.96 bits per heavy atom. The van der Waals surface area contributed by atoms with Crippen molar-refractivity contribution in [3.8, 4) is 0 Å². The Kier molecular flexibility index (Phi) is 5.45. The van der Waals surface area contributed by atoms with Crippen LogP contribution in [0.1, 0.15) is 45.1 Å². The molecule has 128 valence electrons. The summed E-state index contributed by atoms with van der Waals surface area (Å²) >= 11 is 1.62. The third-order valence-corrected chi connectivity index (χ3v) is 5.24. The van der Waals surface area contributed by atoms with Crippen LogP contribution in [-0.2, 0) is 4.79 Å². The lowest BCUT2D eigenvalue weighted by atomic mass is 9.86. The Morgan fingerprint density at radius 3 is 2.58 bits per heavy atom. The van der Waals surface area contributed by atoms with Gasteiger partial charge >= 0.3 is 0 Å². The number of carbonyl (C=O) groups is 1. The summed E-state index contributed by atoms with van der Waals surface area (Å²) in [6, 6.07) is 8.20. The molecule has 3 rings (SSSR count). The van der Waals surface area contributed by atoms with Crippen LogP contribution in [0, 0.1) is 5.92 Å². The first-order valence-corrected chi connectivity index (χ1v) is 9.34. The maximum Gasteiger partial charge on any atom is 0.221 e. The molecule has 0 radical (unpaired) electrons. The zero-order valence-electron chi connectivity index (χ0n) is 14.1. The first-order valence-electron chi connectivity index (χ1n) is 8.46. The smallest absolute Gasteiger partial charge is 0.221 e. The van der Waals surface area contributed by atoms with Crippen molar-refractivity contribution < 1.29 is 4.79 Å². The number of nitrogens with one attached hydrogen (secondary N) is 3. The molecule has 1 saturated carbocycles. The number of anilines is 1. The molecule has 0 saturated heterocycles. The van der Waals surface area contributed by atoms with E-state index >= 15 is 0 Å². The van der Waals surface area contributed by atoms with Crippen LogP contribution in [0.2, 0.25) is 0 Å². The summed E-state index contributed by atoms with van der Waals surface area (Å²) in [4.78, 5) is 15.9. The SMILES string of the molecule is CC(=O)Nc1ccc(C2=CSC(=N[C@@H]3CCCC[C@H]3C)NN2)cc1. The average Bonchev–Trinajstić information content (AvgIpc) is 2.58. The third-order valence-electron chi connectivity index (χ3n) is 4.46. The van der Waals surface area contributed by atoms with Gasteiger partial charge in [-0.2, -0.15) is 0 Å². The average molecular weight is 344 g/mol. The van der Waals surface area contributed by atoms with Crippen molar-refractivity contribution in [1.29, 1.82) is 0 Å². The monoisotopic (exact) mass is 344 g/mol. The minimum atomic E-state index is -0.0622. The molecule has 0 unspecified atom stereocenters. The van der Waals surface area contributed by atoms with Crippen molar-refractivity contribution in [2.45, 2.75) is 45.6 Å². The lowest BCUT2D eigenvalue weighted by molar-refractivity contribution is -0.114. The molecule has 0 bridgehead atoms. The van der Waals surface area contributed by atoms with Crippen molar-refractivity contribution in [2.24, 2.45) is 10.9 Å². The molecule has 2 aliphatic rings. The van der Waals surface area contributed by atoms with E-state index in [1.807, 2.05) is 24.3 Å². The first-order chi connectivity index (χ1) is 11.6. The highest BCUT2D eigenvalue weighted by Gasteiger charge is 2.22. The molecule has 2 atom stereocenters. The lowest BCUT2D eigenvalue weighted by Crippen LogP contribution is -2.38. The van der Waals surface area contributed by atoms with E-state index < -0.39 is 0 Å². The fraction of sp³-hybridized carbons (Fsp3) is 0.444. The van der Waals surface area contributed by atoms with Crippen LogP contribution in [0.15, 0.2) is 34.7 Å². The van der Waals surface area contributed by atoms with Crippen molar-refractivity contribution in [3.63, 3.8) is 0 Å². The minimum absolute atomic E-state index is 0.0622. The number of hydrogen-bond acceptors (Lipinski definition) is 4. The zero-order chi connectivity index (χ0) is 16.9. The number of hydrogen-bond donors (Lipinski definition) is 3. The van der Waals surface area contributed by atoms with Gasteiger partial charge in [0.05, 0.1) is 11.7 Å². The van der Waals surface area contributed by atoms with Gasteiger partial charge in [0.25, 0.3) is 0 Å². The highest BCUT2D eigenvalue weighted by atomic mass is 32.2. The second kappa shape index (κ2) is 7.75. The van der Waals surface area contributed by atoms with Crippen LogP contribution in [0.25, 0.3) is 5.70 Å². The molecule has 1 aromatic rings. The summed E-state index contributed by atoms with van der Waals surface area (Å²) in [6.07, 6.45) is 5.08. The van der Waals surface area contributed by atoms with Gasteiger partial charge in [0.1, 0.15) is 0 Å². The van der Waals surface area contributed by atoms with Gasteiger partial charge in [-0.25, -0.2) is 0 Å². The van der Waals surface area contributed by atoms with E-state index in [4.69, 9.17) is 4.99 Å². The number of aliphatic imine (C=N–C) groups is 1. The highest BCUT2D eigenvalue weighted by molar-refractivity contribution is 8.16. The molecule has 0 aromatic heterocycles. The third kappa shape index (κ3) is 4.32. The zero-order valence-corrected chi connectivity index (χ0v) is 15.0. The van der Waals surface area contributed by atoms with Crippen molar-refractivity contribution >= 4 is 34.2 Å². The van der Waals surface area contributed by atoms with Crippen LogP contribution < -0.4 is 16.2 Å². The van der Waals surface area contributed by atoms with E-state index in [9.17, 15) is 4.79 Å².